The van der Waals surface area contributed by atoms with Gasteiger partial charge < -0.3 is 5.73 Å². The molecule has 0 atom stereocenters. The van der Waals surface area contributed by atoms with Gasteiger partial charge in [0.25, 0.3) is 5.78 Å². The van der Waals surface area contributed by atoms with Crippen LogP contribution in [-0.4, -0.2) is 25.5 Å². The first-order chi connectivity index (χ1) is 7.59. The summed E-state index contributed by atoms with van der Waals surface area (Å²) in [4.78, 5) is 19.1. The zero-order valence-electron chi connectivity index (χ0n) is 9.27. The molecule has 2 rings (SSSR count). The maximum absolute atomic E-state index is 10.8. The van der Waals surface area contributed by atoms with E-state index in [2.05, 4.69) is 15.1 Å². The predicted molar refractivity (Wildman–Crippen MR) is 57.8 cm³/mol. The highest BCUT2D eigenvalue weighted by Gasteiger charge is 2.11. The van der Waals surface area contributed by atoms with Crippen LogP contribution in [0.3, 0.4) is 0 Å². The Morgan fingerprint density at radius 3 is 2.94 bits per heavy atom. The average molecular weight is 219 g/mol. The maximum atomic E-state index is 10.8. The number of primary amides is 1. The fourth-order valence-corrected chi connectivity index (χ4v) is 1.77. The van der Waals surface area contributed by atoms with Crippen LogP contribution in [0.2, 0.25) is 0 Å². The molecule has 0 fully saturated rings. The molecule has 0 saturated carbocycles. The Bertz CT molecular complexity index is 545. The molecule has 0 radical (unpaired) electrons. The van der Waals surface area contributed by atoms with Crippen LogP contribution < -0.4 is 5.73 Å². The van der Waals surface area contributed by atoms with E-state index in [-0.39, 0.29) is 5.91 Å². The fourth-order valence-electron chi connectivity index (χ4n) is 1.77. The lowest BCUT2D eigenvalue weighted by Gasteiger charge is -2.08. The number of fused-ring (bicyclic) bond motifs is 1. The van der Waals surface area contributed by atoms with E-state index < -0.39 is 0 Å². The van der Waals surface area contributed by atoms with Crippen molar-refractivity contribution in [3.05, 3.63) is 23.3 Å². The van der Waals surface area contributed by atoms with Crippen molar-refractivity contribution in [3.8, 4) is 0 Å². The Morgan fingerprint density at radius 1 is 1.50 bits per heavy atom. The minimum atomic E-state index is -0.308. The summed E-state index contributed by atoms with van der Waals surface area (Å²) in [5.74, 6) is 0.273. The van der Waals surface area contributed by atoms with Crippen molar-refractivity contribution in [3.63, 3.8) is 0 Å². The second-order valence-electron chi connectivity index (χ2n) is 3.70. The smallest absolute Gasteiger partial charge is 0.252 e. The van der Waals surface area contributed by atoms with Crippen LogP contribution in [0.1, 0.15) is 23.4 Å². The van der Waals surface area contributed by atoms with Gasteiger partial charge in [-0.3, -0.25) is 4.79 Å². The summed E-state index contributed by atoms with van der Waals surface area (Å²) in [5, 5.41) is 4.07. The number of amides is 1. The topological polar surface area (TPSA) is 86.2 Å². The largest absolute Gasteiger partial charge is 0.370 e. The molecular weight excluding hydrogens is 206 g/mol. The van der Waals surface area contributed by atoms with Gasteiger partial charge in [0.05, 0.1) is 0 Å². The van der Waals surface area contributed by atoms with Crippen molar-refractivity contribution < 1.29 is 4.79 Å². The van der Waals surface area contributed by atoms with E-state index in [0.717, 1.165) is 17.0 Å². The lowest BCUT2D eigenvalue weighted by molar-refractivity contribution is -0.117. The van der Waals surface area contributed by atoms with Crippen LogP contribution in [0.5, 0.6) is 0 Å². The van der Waals surface area contributed by atoms with Gasteiger partial charge in [0.2, 0.25) is 5.91 Å². The van der Waals surface area contributed by atoms with Gasteiger partial charge in [-0.2, -0.15) is 10.1 Å². The molecule has 6 nitrogen and oxygen atoms in total. The first-order valence-electron chi connectivity index (χ1n) is 5.03. The lowest BCUT2D eigenvalue weighted by atomic mass is 10.1. The van der Waals surface area contributed by atoms with Crippen molar-refractivity contribution in [2.45, 2.75) is 26.7 Å². The van der Waals surface area contributed by atoms with Gasteiger partial charge in [-0.25, -0.2) is 9.50 Å². The molecule has 0 unspecified atom stereocenters. The number of aromatic nitrogens is 4. The maximum Gasteiger partial charge on any atom is 0.252 e. The number of aryl methyl sites for hydroxylation is 2. The summed E-state index contributed by atoms with van der Waals surface area (Å²) in [7, 11) is 0. The first-order valence-corrected chi connectivity index (χ1v) is 5.03. The summed E-state index contributed by atoms with van der Waals surface area (Å²) in [5.41, 5.74) is 7.98. The van der Waals surface area contributed by atoms with Crippen LogP contribution in [0, 0.1) is 13.8 Å². The molecule has 2 aromatic rings. The number of nitrogens with zero attached hydrogens (tertiary/aromatic N) is 4. The molecule has 0 aliphatic heterocycles. The molecule has 6 heteroatoms. The molecule has 0 spiro atoms. The van der Waals surface area contributed by atoms with Crippen molar-refractivity contribution in [1.82, 2.24) is 19.6 Å². The van der Waals surface area contributed by atoms with Gasteiger partial charge in [0.1, 0.15) is 6.33 Å². The fraction of sp³-hybridized carbons (Fsp3) is 0.400. The molecule has 1 amide bonds. The van der Waals surface area contributed by atoms with E-state index in [0.29, 0.717) is 18.6 Å². The highest BCUT2D eigenvalue weighted by molar-refractivity contribution is 5.74. The average Bonchev–Trinajstić information content (AvgIpc) is 2.64. The number of carbonyl (C=O) groups excluding carboxylic acids is 1. The van der Waals surface area contributed by atoms with Gasteiger partial charge in [0, 0.05) is 17.8 Å². The summed E-state index contributed by atoms with van der Waals surface area (Å²) in [6, 6.07) is 0. The summed E-state index contributed by atoms with van der Waals surface area (Å²) < 4.78 is 1.67. The Kier molecular flexibility index (Phi) is 2.55. The van der Waals surface area contributed by atoms with Crippen LogP contribution >= 0.6 is 0 Å². The second kappa shape index (κ2) is 3.88. The molecule has 16 heavy (non-hydrogen) atoms. The number of carbonyl (C=O) groups is 1. The third kappa shape index (κ3) is 1.73. The molecule has 0 aromatic carbocycles. The summed E-state index contributed by atoms with van der Waals surface area (Å²) >= 11 is 0. The Labute approximate surface area is 92.5 Å². The summed E-state index contributed by atoms with van der Waals surface area (Å²) in [6.07, 6.45) is 2.38. The molecule has 0 saturated heterocycles. The van der Waals surface area contributed by atoms with Crippen molar-refractivity contribution >= 4 is 11.7 Å². The molecular formula is C10H13N5O. The number of nitrogens with two attached hydrogens (primary N) is 1. The van der Waals surface area contributed by atoms with Gasteiger partial charge in [0.15, 0.2) is 0 Å². The van der Waals surface area contributed by atoms with E-state index in [1.54, 1.807) is 4.52 Å². The third-order valence-corrected chi connectivity index (χ3v) is 2.61. The number of rotatable bonds is 3. The monoisotopic (exact) mass is 219 g/mol. The van der Waals surface area contributed by atoms with E-state index in [1.807, 2.05) is 13.8 Å². The van der Waals surface area contributed by atoms with E-state index in [1.165, 1.54) is 6.33 Å². The Balaban J connectivity index is 2.46. The summed E-state index contributed by atoms with van der Waals surface area (Å²) in [6.45, 7) is 3.84. The normalized spacial score (nSPS) is 10.9. The van der Waals surface area contributed by atoms with Gasteiger partial charge in [-0.1, -0.05) is 0 Å². The first kappa shape index (κ1) is 10.5. The van der Waals surface area contributed by atoms with Crippen LogP contribution in [0.15, 0.2) is 6.33 Å². The van der Waals surface area contributed by atoms with E-state index in [4.69, 9.17) is 5.73 Å². The van der Waals surface area contributed by atoms with Crippen molar-refractivity contribution in [2.75, 3.05) is 0 Å². The number of hydrogen-bond acceptors (Lipinski definition) is 4. The zero-order valence-corrected chi connectivity index (χ0v) is 9.27. The SMILES string of the molecule is Cc1nc2ncnn2c(C)c1CCC(N)=O. The lowest BCUT2D eigenvalue weighted by Crippen LogP contribution is -2.13. The van der Waals surface area contributed by atoms with E-state index >= 15 is 0 Å². The Morgan fingerprint density at radius 2 is 2.25 bits per heavy atom. The van der Waals surface area contributed by atoms with Crippen LogP contribution in [0.25, 0.3) is 5.78 Å². The quantitative estimate of drug-likeness (QED) is 0.796. The van der Waals surface area contributed by atoms with Gasteiger partial charge in [-0.05, 0) is 25.8 Å². The standard InChI is InChI=1S/C10H13N5O/c1-6-8(3-4-9(11)16)7(2)15-10(14-6)12-5-13-15/h5H,3-4H2,1-2H3,(H2,11,16). The molecule has 84 valence electrons. The van der Waals surface area contributed by atoms with E-state index in [9.17, 15) is 4.79 Å². The zero-order chi connectivity index (χ0) is 11.7. The third-order valence-electron chi connectivity index (χ3n) is 2.61. The van der Waals surface area contributed by atoms with Crippen molar-refractivity contribution in [2.24, 2.45) is 5.73 Å². The Hall–Kier alpha value is -1.98. The highest BCUT2D eigenvalue weighted by Crippen LogP contribution is 2.14. The molecule has 2 N–H and O–H groups in total. The molecule has 2 heterocycles. The van der Waals surface area contributed by atoms with Gasteiger partial charge in [-0.15, -0.1) is 0 Å². The molecule has 0 bridgehead atoms. The van der Waals surface area contributed by atoms with Crippen LogP contribution in [0.4, 0.5) is 0 Å². The highest BCUT2D eigenvalue weighted by atomic mass is 16.1. The predicted octanol–water partition coefficient (Wildman–Crippen LogP) is 0.159. The van der Waals surface area contributed by atoms with Crippen LogP contribution in [-0.2, 0) is 11.2 Å². The molecule has 0 aliphatic carbocycles. The minimum Gasteiger partial charge on any atom is -0.370 e. The second-order valence-corrected chi connectivity index (χ2v) is 3.70. The minimum absolute atomic E-state index is 0.308. The number of hydrogen-bond donors (Lipinski definition) is 1. The van der Waals surface area contributed by atoms with Gasteiger partial charge >= 0.3 is 0 Å². The molecule has 2 aromatic heterocycles. The van der Waals surface area contributed by atoms with Crippen molar-refractivity contribution in [1.29, 1.82) is 0 Å². The molecule has 0 aliphatic rings.